The third-order valence-electron chi connectivity index (χ3n) is 6.07. The van der Waals surface area contributed by atoms with Crippen molar-refractivity contribution in [2.24, 2.45) is 0 Å². The maximum absolute atomic E-state index is 15.6. The molecule has 0 atom stereocenters. The van der Waals surface area contributed by atoms with Gasteiger partial charge in [0, 0.05) is 37.7 Å². The summed E-state index contributed by atoms with van der Waals surface area (Å²) in [5, 5.41) is 0. The maximum atomic E-state index is 15.6. The van der Waals surface area contributed by atoms with Gasteiger partial charge in [-0.15, -0.1) is 0 Å². The minimum Gasteiger partial charge on any atom is -0.493 e. The van der Waals surface area contributed by atoms with E-state index in [-0.39, 0.29) is 41.2 Å². The highest BCUT2D eigenvalue weighted by Crippen LogP contribution is 2.43. The van der Waals surface area contributed by atoms with Crippen LogP contribution in [-0.4, -0.2) is 46.3 Å². The first kappa shape index (κ1) is 22.7. The summed E-state index contributed by atoms with van der Waals surface area (Å²) in [5.41, 5.74) is -1.04. The molecule has 172 valence electrons. The highest BCUT2D eigenvalue weighted by molar-refractivity contribution is 7.95. The number of likely N-dealkylation sites (tertiary alicyclic amines) is 1. The number of sulfone groups is 1. The summed E-state index contributed by atoms with van der Waals surface area (Å²) in [4.78, 5) is 1.96. The average Bonchev–Trinajstić information content (AvgIpc) is 3.00. The fraction of sp³-hybridized carbons (Fsp3) is 0.391. The third-order valence-corrected chi connectivity index (χ3v) is 7.99. The lowest BCUT2D eigenvalue weighted by atomic mass is 9.92. The maximum Gasteiger partial charge on any atom is 0.203 e. The quantitative estimate of drug-likeness (QED) is 0.660. The summed E-state index contributed by atoms with van der Waals surface area (Å²) in [7, 11) is -0.951. The number of fused-ring (bicyclic) bond motifs is 1. The first-order valence-corrected chi connectivity index (χ1v) is 11.7. The van der Waals surface area contributed by atoms with Crippen LogP contribution in [0.1, 0.15) is 24.0 Å². The number of rotatable bonds is 5. The fourth-order valence-corrected chi connectivity index (χ4v) is 6.00. The number of piperidine rings is 1. The lowest BCUT2D eigenvalue weighted by Crippen LogP contribution is -2.40. The van der Waals surface area contributed by atoms with Crippen molar-refractivity contribution >= 4 is 9.84 Å². The van der Waals surface area contributed by atoms with E-state index in [1.54, 1.807) is 6.07 Å². The highest BCUT2D eigenvalue weighted by atomic mass is 32.2. The Morgan fingerprint density at radius 1 is 1.06 bits per heavy atom. The lowest BCUT2D eigenvalue weighted by Gasteiger charge is -2.35. The van der Waals surface area contributed by atoms with Crippen molar-refractivity contribution < 1.29 is 31.1 Å². The standard InChI is InChI=1S/C23H24F3NO4S/c1-30-20-11-15-10-18(32(28,29)22(15)12-21(20)31-2)13-23(26)5-7-27(8-6-23)14-16-9-17(24)3-4-19(16)25/h3-4,9,11-13H,5-8,10,14H2,1-2H3/b18-13+. The molecule has 2 aromatic carbocycles. The molecular formula is C23H24F3NO4S. The number of benzene rings is 2. The van der Waals surface area contributed by atoms with Crippen molar-refractivity contribution in [3.05, 3.63) is 64.1 Å². The molecule has 0 saturated carbocycles. The van der Waals surface area contributed by atoms with Crippen molar-refractivity contribution in [2.75, 3.05) is 27.3 Å². The third kappa shape index (κ3) is 4.23. The molecule has 9 heteroatoms. The highest BCUT2D eigenvalue weighted by Gasteiger charge is 2.39. The van der Waals surface area contributed by atoms with E-state index in [2.05, 4.69) is 0 Å². The van der Waals surface area contributed by atoms with Crippen LogP contribution in [0.15, 0.2) is 46.2 Å². The lowest BCUT2D eigenvalue weighted by molar-refractivity contribution is 0.0918. The van der Waals surface area contributed by atoms with Crippen LogP contribution in [0.4, 0.5) is 13.2 Å². The zero-order valence-corrected chi connectivity index (χ0v) is 18.6. The van der Waals surface area contributed by atoms with Gasteiger partial charge in [0.25, 0.3) is 0 Å². The van der Waals surface area contributed by atoms with Gasteiger partial charge in [0.15, 0.2) is 11.5 Å². The Labute approximate surface area is 185 Å². The smallest absolute Gasteiger partial charge is 0.203 e. The SMILES string of the molecule is COc1cc2c(cc1OC)S(=O)(=O)/C(=C/C1(F)CCN(Cc3cc(F)ccc3F)CC1)C2. The molecule has 0 spiro atoms. The van der Waals surface area contributed by atoms with Crippen molar-refractivity contribution in [1.29, 1.82) is 0 Å². The molecule has 0 bridgehead atoms. The Bertz CT molecular complexity index is 1170. The second kappa shape index (κ2) is 8.44. The predicted molar refractivity (Wildman–Crippen MR) is 113 cm³/mol. The zero-order valence-electron chi connectivity index (χ0n) is 17.8. The van der Waals surface area contributed by atoms with Gasteiger partial charge in [-0.3, -0.25) is 4.90 Å². The second-order valence-electron chi connectivity index (χ2n) is 8.15. The van der Waals surface area contributed by atoms with Crippen molar-refractivity contribution in [1.82, 2.24) is 4.90 Å². The Kier molecular flexibility index (Phi) is 5.98. The molecule has 0 aliphatic carbocycles. The van der Waals surface area contributed by atoms with E-state index in [1.165, 1.54) is 26.4 Å². The topological polar surface area (TPSA) is 55.8 Å². The zero-order chi connectivity index (χ0) is 23.1. The van der Waals surface area contributed by atoms with Gasteiger partial charge in [-0.05, 0) is 48.7 Å². The predicted octanol–water partition coefficient (Wildman–Crippen LogP) is 4.20. The summed E-state index contributed by atoms with van der Waals surface area (Å²) >= 11 is 0. The molecular weight excluding hydrogens is 443 g/mol. The first-order valence-electron chi connectivity index (χ1n) is 10.2. The van der Waals surface area contributed by atoms with Crippen LogP contribution in [0.3, 0.4) is 0 Å². The number of ether oxygens (including phenoxy) is 2. The number of halogens is 3. The molecule has 0 N–H and O–H groups in total. The molecule has 0 amide bonds. The molecule has 2 aliphatic rings. The van der Waals surface area contributed by atoms with E-state index >= 15 is 4.39 Å². The van der Waals surface area contributed by atoms with E-state index < -0.39 is 27.1 Å². The monoisotopic (exact) mass is 467 g/mol. The van der Waals surface area contributed by atoms with Crippen LogP contribution in [0.2, 0.25) is 0 Å². The summed E-state index contributed by atoms with van der Waals surface area (Å²) in [6.07, 6.45) is 1.43. The van der Waals surface area contributed by atoms with E-state index in [0.717, 1.165) is 18.2 Å². The van der Waals surface area contributed by atoms with E-state index in [1.807, 2.05) is 4.90 Å². The number of methoxy groups -OCH3 is 2. The molecule has 2 aromatic rings. The van der Waals surface area contributed by atoms with E-state index in [9.17, 15) is 17.2 Å². The van der Waals surface area contributed by atoms with E-state index in [4.69, 9.17) is 9.47 Å². The van der Waals surface area contributed by atoms with E-state index in [0.29, 0.717) is 30.2 Å². The Morgan fingerprint density at radius 3 is 2.38 bits per heavy atom. The molecule has 1 fully saturated rings. The number of allylic oxidation sites excluding steroid dienone is 2. The molecule has 0 unspecified atom stereocenters. The number of alkyl halides is 1. The molecule has 5 nitrogen and oxygen atoms in total. The van der Waals surface area contributed by atoms with Gasteiger partial charge in [-0.25, -0.2) is 21.6 Å². The van der Waals surface area contributed by atoms with Gasteiger partial charge < -0.3 is 9.47 Å². The Hall–Kier alpha value is -2.52. The first-order chi connectivity index (χ1) is 15.1. The average molecular weight is 468 g/mol. The van der Waals surface area contributed by atoms with Gasteiger partial charge in [-0.1, -0.05) is 0 Å². The number of nitrogens with zero attached hydrogens (tertiary/aromatic N) is 1. The van der Waals surface area contributed by atoms with Crippen LogP contribution >= 0.6 is 0 Å². The van der Waals surface area contributed by atoms with Crippen LogP contribution in [0, 0.1) is 11.6 Å². The molecule has 2 aliphatic heterocycles. The van der Waals surface area contributed by atoms with Crippen molar-refractivity contribution in [3.8, 4) is 11.5 Å². The molecule has 1 saturated heterocycles. The van der Waals surface area contributed by atoms with Gasteiger partial charge in [0.2, 0.25) is 9.84 Å². The van der Waals surface area contributed by atoms with Gasteiger partial charge in [-0.2, -0.15) is 0 Å². The largest absolute Gasteiger partial charge is 0.493 e. The molecule has 4 rings (SSSR count). The van der Waals surface area contributed by atoms with Crippen LogP contribution in [0.25, 0.3) is 0 Å². The van der Waals surface area contributed by atoms with Crippen LogP contribution < -0.4 is 9.47 Å². The summed E-state index contributed by atoms with van der Waals surface area (Å²) in [6, 6.07) is 6.28. The van der Waals surface area contributed by atoms with Gasteiger partial charge >= 0.3 is 0 Å². The summed E-state index contributed by atoms with van der Waals surface area (Å²) in [6.45, 7) is 0.759. The van der Waals surface area contributed by atoms with Crippen molar-refractivity contribution in [2.45, 2.75) is 36.4 Å². The fourth-order valence-electron chi connectivity index (χ4n) is 4.26. The minimum atomic E-state index is -3.83. The summed E-state index contributed by atoms with van der Waals surface area (Å²) < 4.78 is 79.4. The van der Waals surface area contributed by atoms with Crippen LogP contribution in [-0.2, 0) is 22.8 Å². The minimum absolute atomic E-state index is 0.0231. The number of hydrogen-bond acceptors (Lipinski definition) is 5. The molecule has 0 radical (unpaired) electrons. The van der Waals surface area contributed by atoms with Crippen molar-refractivity contribution in [3.63, 3.8) is 0 Å². The Balaban J connectivity index is 1.51. The molecule has 0 aromatic heterocycles. The second-order valence-corrected chi connectivity index (χ2v) is 10.1. The Morgan fingerprint density at radius 2 is 1.72 bits per heavy atom. The van der Waals surface area contributed by atoms with Gasteiger partial charge in [0.1, 0.15) is 17.3 Å². The summed E-state index contributed by atoms with van der Waals surface area (Å²) in [5.74, 6) is -0.326. The van der Waals surface area contributed by atoms with Gasteiger partial charge in [0.05, 0.1) is 24.0 Å². The molecule has 32 heavy (non-hydrogen) atoms. The van der Waals surface area contributed by atoms with Crippen LogP contribution in [0.5, 0.6) is 11.5 Å². The molecule has 2 heterocycles. The number of hydrogen-bond donors (Lipinski definition) is 0. The normalized spacial score (nSPS) is 20.8.